The monoisotopic (exact) mass is 276 g/mol. The van der Waals surface area contributed by atoms with E-state index < -0.39 is 5.97 Å². The van der Waals surface area contributed by atoms with Crippen molar-refractivity contribution in [3.8, 4) is 0 Å². The third-order valence-electron chi connectivity index (χ3n) is 3.71. The van der Waals surface area contributed by atoms with Gasteiger partial charge in [0.1, 0.15) is 0 Å². The lowest BCUT2D eigenvalue weighted by Gasteiger charge is -2.26. The lowest BCUT2D eigenvalue weighted by molar-refractivity contribution is -0.142. The van der Waals surface area contributed by atoms with E-state index in [9.17, 15) is 9.59 Å². The molecular weight excluding hydrogens is 256 g/mol. The molecule has 0 aliphatic heterocycles. The average Bonchev–Trinajstić information content (AvgIpc) is 2.47. The lowest BCUT2D eigenvalue weighted by Crippen LogP contribution is -2.43. The SMILES string of the molecule is O=C(NCc1ccccc1)NC1CCC(C(=O)O)CC1. The first kappa shape index (κ1) is 14.4. The predicted octanol–water partition coefficient (Wildman–Crippen LogP) is 2.13. The number of carbonyl (C=O) groups is 2. The van der Waals surface area contributed by atoms with E-state index in [1.54, 1.807) is 0 Å². The van der Waals surface area contributed by atoms with Gasteiger partial charge >= 0.3 is 12.0 Å². The van der Waals surface area contributed by atoms with Gasteiger partial charge in [0.25, 0.3) is 0 Å². The van der Waals surface area contributed by atoms with Crippen LogP contribution in [0.15, 0.2) is 30.3 Å². The third-order valence-corrected chi connectivity index (χ3v) is 3.71. The minimum atomic E-state index is -0.725. The summed E-state index contributed by atoms with van der Waals surface area (Å²) in [5.41, 5.74) is 1.05. The molecule has 3 N–H and O–H groups in total. The fourth-order valence-corrected chi connectivity index (χ4v) is 2.50. The van der Waals surface area contributed by atoms with Gasteiger partial charge < -0.3 is 15.7 Å². The molecule has 0 saturated heterocycles. The highest BCUT2D eigenvalue weighted by atomic mass is 16.4. The molecule has 108 valence electrons. The quantitative estimate of drug-likeness (QED) is 0.788. The number of urea groups is 1. The molecule has 1 saturated carbocycles. The Bertz CT molecular complexity index is 453. The van der Waals surface area contributed by atoms with E-state index in [4.69, 9.17) is 5.11 Å². The Hall–Kier alpha value is -2.04. The summed E-state index contributed by atoms with van der Waals surface area (Å²) in [7, 11) is 0. The highest BCUT2D eigenvalue weighted by Gasteiger charge is 2.26. The van der Waals surface area contributed by atoms with Gasteiger partial charge in [-0.1, -0.05) is 30.3 Å². The lowest BCUT2D eigenvalue weighted by atomic mass is 9.86. The molecule has 20 heavy (non-hydrogen) atoms. The molecule has 1 aliphatic rings. The zero-order valence-electron chi connectivity index (χ0n) is 11.3. The summed E-state index contributed by atoms with van der Waals surface area (Å²) in [6.45, 7) is 0.497. The van der Waals surface area contributed by atoms with Crippen molar-refractivity contribution in [2.45, 2.75) is 38.3 Å². The molecule has 2 rings (SSSR count). The number of carboxylic acid groups (broad SMARTS) is 1. The smallest absolute Gasteiger partial charge is 0.315 e. The predicted molar refractivity (Wildman–Crippen MR) is 75.2 cm³/mol. The van der Waals surface area contributed by atoms with Gasteiger partial charge in [-0.25, -0.2) is 4.79 Å². The van der Waals surface area contributed by atoms with Crippen LogP contribution in [-0.4, -0.2) is 23.1 Å². The third kappa shape index (κ3) is 4.26. The number of aliphatic carboxylic acids is 1. The summed E-state index contributed by atoms with van der Waals surface area (Å²) in [5, 5.41) is 14.6. The van der Waals surface area contributed by atoms with Crippen LogP contribution in [0.1, 0.15) is 31.2 Å². The first-order valence-electron chi connectivity index (χ1n) is 6.96. The molecule has 0 bridgehead atoms. The number of hydrogen-bond acceptors (Lipinski definition) is 2. The standard InChI is InChI=1S/C15H20N2O3/c18-14(19)12-6-8-13(9-7-12)17-15(20)16-10-11-4-2-1-3-5-11/h1-5,12-13H,6-10H2,(H,18,19)(H2,16,17,20). The van der Waals surface area contributed by atoms with Crippen LogP contribution in [0, 0.1) is 5.92 Å². The Morgan fingerprint density at radius 1 is 1.10 bits per heavy atom. The molecule has 1 aromatic rings. The molecule has 5 nitrogen and oxygen atoms in total. The molecule has 0 aromatic heterocycles. The minimum Gasteiger partial charge on any atom is -0.481 e. The van der Waals surface area contributed by atoms with Crippen molar-refractivity contribution in [3.05, 3.63) is 35.9 Å². The van der Waals surface area contributed by atoms with Crippen molar-refractivity contribution < 1.29 is 14.7 Å². The Kier molecular flexibility index (Phi) is 4.98. The van der Waals surface area contributed by atoms with Gasteiger partial charge in [0.15, 0.2) is 0 Å². The summed E-state index contributed by atoms with van der Waals surface area (Å²) in [6.07, 6.45) is 2.74. The van der Waals surface area contributed by atoms with Crippen LogP contribution in [0.3, 0.4) is 0 Å². The summed E-state index contributed by atoms with van der Waals surface area (Å²) in [4.78, 5) is 22.6. The van der Waals surface area contributed by atoms with Crippen LogP contribution in [-0.2, 0) is 11.3 Å². The van der Waals surface area contributed by atoms with Gasteiger partial charge in [0.05, 0.1) is 5.92 Å². The van der Waals surface area contributed by atoms with E-state index in [1.165, 1.54) is 0 Å². The van der Waals surface area contributed by atoms with Crippen LogP contribution in [0.25, 0.3) is 0 Å². The second kappa shape index (κ2) is 6.93. The van der Waals surface area contributed by atoms with Gasteiger partial charge in [-0.15, -0.1) is 0 Å². The van der Waals surface area contributed by atoms with Crippen LogP contribution in [0.2, 0.25) is 0 Å². The van der Waals surface area contributed by atoms with E-state index >= 15 is 0 Å². The second-order valence-electron chi connectivity index (χ2n) is 5.20. The highest BCUT2D eigenvalue weighted by Crippen LogP contribution is 2.24. The van der Waals surface area contributed by atoms with Gasteiger partial charge in [-0.2, -0.15) is 0 Å². The molecule has 0 atom stereocenters. The first-order chi connectivity index (χ1) is 9.65. The van der Waals surface area contributed by atoms with Crippen LogP contribution in [0.4, 0.5) is 4.79 Å². The Labute approximate surface area is 118 Å². The molecule has 0 unspecified atom stereocenters. The molecule has 5 heteroatoms. The molecule has 1 fully saturated rings. The number of hydrogen-bond donors (Lipinski definition) is 3. The zero-order chi connectivity index (χ0) is 14.4. The minimum absolute atomic E-state index is 0.0846. The van der Waals surface area contributed by atoms with Crippen molar-refractivity contribution in [1.82, 2.24) is 10.6 Å². The zero-order valence-corrected chi connectivity index (χ0v) is 11.3. The van der Waals surface area contributed by atoms with Crippen LogP contribution < -0.4 is 10.6 Å². The van der Waals surface area contributed by atoms with Crippen LogP contribution >= 0.6 is 0 Å². The normalized spacial score (nSPS) is 22.0. The van der Waals surface area contributed by atoms with Gasteiger partial charge in [0, 0.05) is 12.6 Å². The van der Waals surface area contributed by atoms with Crippen molar-refractivity contribution in [2.24, 2.45) is 5.92 Å². The number of rotatable bonds is 4. The highest BCUT2D eigenvalue weighted by molar-refractivity contribution is 5.74. The molecular formula is C15H20N2O3. The molecule has 0 heterocycles. The molecule has 1 aliphatic carbocycles. The Morgan fingerprint density at radius 2 is 1.75 bits per heavy atom. The van der Waals surface area contributed by atoms with E-state index in [0.717, 1.165) is 18.4 Å². The number of nitrogens with one attached hydrogen (secondary N) is 2. The molecule has 0 spiro atoms. The van der Waals surface area contributed by atoms with E-state index in [1.807, 2.05) is 30.3 Å². The topological polar surface area (TPSA) is 78.4 Å². The summed E-state index contributed by atoms with van der Waals surface area (Å²) in [5.74, 6) is -0.975. The maximum absolute atomic E-state index is 11.8. The van der Waals surface area contributed by atoms with Crippen LogP contribution in [0.5, 0.6) is 0 Å². The Morgan fingerprint density at radius 3 is 2.35 bits per heavy atom. The number of carboxylic acids is 1. The average molecular weight is 276 g/mol. The number of benzene rings is 1. The number of carbonyl (C=O) groups excluding carboxylic acids is 1. The van der Waals surface area contributed by atoms with Crippen molar-refractivity contribution >= 4 is 12.0 Å². The summed E-state index contributed by atoms with van der Waals surface area (Å²) >= 11 is 0. The maximum atomic E-state index is 11.8. The molecule has 2 amide bonds. The van der Waals surface area contributed by atoms with Gasteiger partial charge in [-0.3, -0.25) is 4.79 Å². The van der Waals surface area contributed by atoms with Crippen molar-refractivity contribution in [3.63, 3.8) is 0 Å². The summed E-state index contributed by atoms with van der Waals surface area (Å²) in [6, 6.07) is 9.61. The largest absolute Gasteiger partial charge is 0.481 e. The van der Waals surface area contributed by atoms with Crippen molar-refractivity contribution in [1.29, 1.82) is 0 Å². The second-order valence-corrected chi connectivity index (χ2v) is 5.20. The van der Waals surface area contributed by atoms with Gasteiger partial charge in [-0.05, 0) is 31.2 Å². The maximum Gasteiger partial charge on any atom is 0.315 e. The Balaban J connectivity index is 1.69. The fourth-order valence-electron chi connectivity index (χ4n) is 2.50. The van der Waals surface area contributed by atoms with E-state index in [0.29, 0.717) is 19.4 Å². The molecule has 1 aromatic carbocycles. The van der Waals surface area contributed by atoms with E-state index in [-0.39, 0.29) is 18.0 Å². The van der Waals surface area contributed by atoms with Gasteiger partial charge in [0.2, 0.25) is 0 Å². The number of amides is 2. The molecule has 0 radical (unpaired) electrons. The van der Waals surface area contributed by atoms with E-state index in [2.05, 4.69) is 10.6 Å². The summed E-state index contributed by atoms with van der Waals surface area (Å²) < 4.78 is 0. The first-order valence-corrected chi connectivity index (χ1v) is 6.96. The fraction of sp³-hybridized carbons (Fsp3) is 0.467. The van der Waals surface area contributed by atoms with Crippen molar-refractivity contribution in [2.75, 3.05) is 0 Å².